The van der Waals surface area contributed by atoms with Crippen LogP contribution in [0.4, 0.5) is 13.2 Å². The Labute approximate surface area is 111 Å². The van der Waals surface area contributed by atoms with E-state index in [1.807, 2.05) is 0 Å². The van der Waals surface area contributed by atoms with Crippen LogP contribution in [-0.4, -0.2) is 16.1 Å². The second-order valence-corrected chi connectivity index (χ2v) is 5.09. The zero-order chi connectivity index (χ0) is 14.8. The van der Waals surface area contributed by atoms with E-state index in [0.29, 0.717) is 0 Å². The third-order valence-corrected chi connectivity index (χ3v) is 3.33. The van der Waals surface area contributed by atoms with E-state index in [2.05, 4.69) is 4.98 Å². The fourth-order valence-electron chi connectivity index (χ4n) is 1.29. The predicted molar refractivity (Wildman–Crippen MR) is 63.2 cm³/mol. The quantitative estimate of drug-likeness (QED) is 0.865. The summed E-state index contributed by atoms with van der Waals surface area (Å²) in [5.74, 6) is -0.689. The number of nitriles is 1. The number of alkyl halides is 3. The number of aryl methyl sites for hydroxylation is 1. The van der Waals surface area contributed by atoms with Crippen molar-refractivity contribution in [3.05, 3.63) is 22.9 Å². The molecule has 1 aromatic heterocycles. The van der Waals surface area contributed by atoms with Crippen LogP contribution in [0.25, 0.3) is 0 Å². The first kappa shape index (κ1) is 15.3. The molecule has 0 aliphatic carbocycles. The molecule has 1 aromatic rings. The van der Waals surface area contributed by atoms with Gasteiger partial charge >= 0.3 is 6.18 Å². The normalized spacial score (nSPS) is 12.8. The summed E-state index contributed by atoms with van der Waals surface area (Å²) in [4.78, 5) is 14.8. The molecule has 0 saturated carbocycles. The van der Waals surface area contributed by atoms with Crippen LogP contribution >= 0.6 is 11.8 Å². The summed E-state index contributed by atoms with van der Waals surface area (Å²) in [6.07, 6.45) is -4.65. The predicted octanol–water partition coefficient (Wildman–Crippen LogP) is 2.25. The lowest BCUT2D eigenvalue weighted by molar-refractivity contribution is -0.138. The Kier molecular flexibility index (Phi) is 4.42. The Morgan fingerprint density at radius 2 is 2.16 bits per heavy atom. The summed E-state index contributed by atoms with van der Waals surface area (Å²) in [5, 5.41) is 7.97. The summed E-state index contributed by atoms with van der Waals surface area (Å²) in [6.45, 7) is 2.82. The van der Waals surface area contributed by atoms with E-state index in [-0.39, 0.29) is 10.7 Å². The van der Waals surface area contributed by atoms with Gasteiger partial charge in [-0.1, -0.05) is 11.8 Å². The number of hydrogen-bond donors (Lipinski definition) is 1. The molecule has 1 amide bonds. The molecule has 1 atom stereocenters. The molecule has 8 heteroatoms. The number of carbonyl (C=O) groups excluding carboxylic acids is 1. The summed E-state index contributed by atoms with van der Waals surface area (Å²) >= 11 is 0.739. The Morgan fingerprint density at radius 1 is 1.58 bits per heavy atom. The van der Waals surface area contributed by atoms with Gasteiger partial charge in [0.15, 0.2) is 0 Å². The molecule has 0 unspecified atom stereocenters. The highest BCUT2D eigenvalue weighted by Gasteiger charge is 2.36. The third-order valence-electron chi connectivity index (χ3n) is 2.22. The number of nitrogens with zero attached hydrogens (tertiary/aromatic N) is 2. The van der Waals surface area contributed by atoms with E-state index >= 15 is 0 Å². The maximum Gasteiger partial charge on any atom is 0.417 e. The second-order valence-electron chi connectivity index (χ2n) is 3.76. The van der Waals surface area contributed by atoms with Crippen LogP contribution in [0.2, 0.25) is 0 Å². The molecule has 0 radical (unpaired) electrons. The Morgan fingerprint density at radius 3 is 2.58 bits per heavy atom. The average molecular weight is 289 g/mol. The molecule has 102 valence electrons. The van der Waals surface area contributed by atoms with Gasteiger partial charge in [0.2, 0.25) is 5.91 Å². The van der Waals surface area contributed by atoms with E-state index in [1.165, 1.54) is 19.9 Å². The molecule has 0 bridgehead atoms. The lowest BCUT2D eigenvalue weighted by Gasteiger charge is -2.14. The van der Waals surface area contributed by atoms with Gasteiger partial charge < -0.3 is 5.73 Å². The van der Waals surface area contributed by atoms with Crippen molar-refractivity contribution in [2.45, 2.75) is 30.3 Å². The van der Waals surface area contributed by atoms with Crippen molar-refractivity contribution < 1.29 is 18.0 Å². The van der Waals surface area contributed by atoms with Crippen molar-refractivity contribution in [2.24, 2.45) is 5.73 Å². The monoisotopic (exact) mass is 289 g/mol. The lowest BCUT2D eigenvalue weighted by atomic mass is 10.1. The number of primary amides is 1. The van der Waals surface area contributed by atoms with Crippen LogP contribution in [0, 0.1) is 18.3 Å². The molecule has 0 aromatic carbocycles. The van der Waals surface area contributed by atoms with E-state index in [0.717, 1.165) is 17.8 Å². The maximum absolute atomic E-state index is 12.8. The topological polar surface area (TPSA) is 79.8 Å². The molecule has 19 heavy (non-hydrogen) atoms. The van der Waals surface area contributed by atoms with Gasteiger partial charge in [0.25, 0.3) is 0 Å². The summed E-state index contributed by atoms with van der Waals surface area (Å²) in [7, 11) is 0. The number of amides is 1. The van der Waals surface area contributed by atoms with Gasteiger partial charge in [-0.15, -0.1) is 0 Å². The first-order chi connectivity index (χ1) is 8.66. The molecule has 0 spiro atoms. The van der Waals surface area contributed by atoms with Crippen LogP contribution in [-0.2, 0) is 11.0 Å². The standard InChI is InChI=1S/C11H10F3N3OS/c1-5-3-8(11(12,13)14)7(4-15)10(17-5)19-6(2)9(16)18/h3,6H,1-2H3,(H2,16,18)/t6-/m0/s1. The highest BCUT2D eigenvalue weighted by molar-refractivity contribution is 8.00. The van der Waals surface area contributed by atoms with Crippen molar-refractivity contribution >= 4 is 17.7 Å². The number of hydrogen-bond acceptors (Lipinski definition) is 4. The molecule has 0 saturated heterocycles. The van der Waals surface area contributed by atoms with Gasteiger partial charge in [0, 0.05) is 5.69 Å². The first-order valence-corrected chi connectivity index (χ1v) is 5.99. The summed E-state index contributed by atoms with van der Waals surface area (Å²) < 4.78 is 38.4. The average Bonchev–Trinajstić information content (AvgIpc) is 2.26. The number of pyridine rings is 1. The maximum atomic E-state index is 12.8. The van der Waals surface area contributed by atoms with Gasteiger partial charge in [0.1, 0.15) is 11.1 Å². The van der Waals surface area contributed by atoms with Crippen molar-refractivity contribution in [1.29, 1.82) is 5.26 Å². The minimum absolute atomic E-state index is 0.116. The number of rotatable bonds is 3. The number of nitrogens with two attached hydrogens (primary N) is 1. The summed E-state index contributed by atoms with van der Waals surface area (Å²) in [5.41, 5.74) is 3.52. The van der Waals surface area contributed by atoms with Gasteiger partial charge in [-0.2, -0.15) is 18.4 Å². The molecule has 2 N–H and O–H groups in total. The van der Waals surface area contributed by atoms with Crippen LogP contribution < -0.4 is 5.73 Å². The highest BCUT2D eigenvalue weighted by atomic mass is 32.2. The van der Waals surface area contributed by atoms with Crippen molar-refractivity contribution in [1.82, 2.24) is 4.98 Å². The van der Waals surface area contributed by atoms with Gasteiger partial charge in [-0.25, -0.2) is 4.98 Å². The molecule has 0 aliphatic heterocycles. The molecule has 0 fully saturated rings. The molecule has 4 nitrogen and oxygen atoms in total. The number of halogens is 3. The van der Waals surface area contributed by atoms with Crippen molar-refractivity contribution in [2.75, 3.05) is 0 Å². The van der Waals surface area contributed by atoms with E-state index < -0.39 is 28.5 Å². The third kappa shape index (κ3) is 3.61. The van der Waals surface area contributed by atoms with Crippen LogP contribution in [0.15, 0.2) is 11.1 Å². The fraction of sp³-hybridized carbons (Fsp3) is 0.364. The lowest BCUT2D eigenvalue weighted by Crippen LogP contribution is -2.23. The van der Waals surface area contributed by atoms with E-state index in [9.17, 15) is 18.0 Å². The van der Waals surface area contributed by atoms with Crippen LogP contribution in [0.1, 0.15) is 23.7 Å². The zero-order valence-corrected chi connectivity index (χ0v) is 10.9. The zero-order valence-electron chi connectivity index (χ0n) is 10.1. The van der Waals surface area contributed by atoms with Crippen LogP contribution in [0.3, 0.4) is 0 Å². The molecule has 1 heterocycles. The number of carbonyl (C=O) groups is 1. The smallest absolute Gasteiger partial charge is 0.369 e. The van der Waals surface area contributed by atoms with Gasteiger partial charge in [-0.05, 0) is 19.9 Å². The largest absolute Gasteiger partial charge is 0.417 e. The SMILES string of the molecule is Cc1cc(C(F)(F)F)c(C#N)c(S[C@@H](C)C(N)=O)n1. The van der Waals surface area contributed by atoms with Gasteiger partial charge in [0.05, 0.1) is 16.4 Å². The Balaban J connectivity index is 3.37. The van der Waals surface area contributed by atoms with Crippen LogP contribution in [0.5, 0.6) is 0 Å². The first-order valence-electron chi connectivity index (χ1n) is 5.11. The minimum Gasteiger partial charge on any atom is -0.369 e. The van der Waals surface area contributed by atoms with E-state index in [4.69, 9.17) is 11.0 Å². The minimum atomic E-state index is -4.65. The highest BCUT2D eigenvalue weighted by Crippen LogP contribution is 2.36. The van der Waals surface area contributed by atoms with E-state index in [1.54, 1.807) is 0 Å². The van der Waals surface area contributed by atoms with Crippen molar-refractivity contribution in [3.63, 3.8) is 0 Å². The Bertz CT molecular complexity index is 551. The Hall–Kier alpha value is -1.75. The second kappa shape index (κ2) is 5.48. The van der Waals surface area contributed by atoms with Crippen molar-refractivity contribution in [3.8, 4) is 6.07 Å². The summed E-state index contributed by atoms with van der Waals surface area (Å²) in [6, 6.07) is 2.29. The number of aromatic nitrogens is 1. The molecular weight excluding hydrogens is 279 g/mol. The number of thioether (sulfide) groups is 1. The fourth-order valence-corrected chi connectivity index (χ4v) is 2.21. The molecular formula is C11H10F3N3OS. The molecule has 1 rings (SSSR count). The molecule has 0 aliphatic rings. The van der Waals surface area contributed by atoms with Gasteiger partial charge in [-0.3, -0.25) is 4.79 Å².